The molecule has 1 aliphatic rings. The van der Waals surface area contributed by atoms with Gasteiger partial charge in [0.15, 0.2) is 0 Å². The normalized spacial score (nSPS) is 21.4. The van der Waals surface area contributed by atoms with Gasteiger partial charge in [0.2, 0.25) is 0 Å². The van der Waals surface area contributed by atoms with Crippen molar-refractivity contribution < 1.29 is 4.74 Å². The smallest absolute Gasteiger partial charge is 0.123 e. The minimum atomic E-state index is 0.395. The van der Waals surface area contributed by atoms with E-state index in [1.54, 1.807) is 0 Å². The monoisotopic (exact) mass is 251 g/mol. The summed E-state index contributed by atoms with van der Waals surface area (Å²) < 4.78 is 6.11. The number of hydrogen-bond acceptors (Lipinski definition) is 3. The molecule has 1 aromatic rings. The standard InChI is InChI=1S/C14H21NOS/c1-11(6-8-15)13-4-2-3-5-14(13)16-12-7-9-17-10-12/h2-5,11-12H,6-10,15H2,1H3. The summed E-state index contributed by atoms with van der Waals surface area (Å²) in [7, 11) is 0. The molecule has 3 heteroatoms. The van der Waals surface area contributed by atoms with Crippen LogP contribution in [0.3, 0.4) is 0 Å². The number of thioether (sulfide) groups is 1. The van der Waals surface area contributed by atoms with Crippen LogP contribution in [0, 0.1) is 0 Å². The largest absolute Gasteiger partial charge is 0.489 e. The maximum absolute atomic E-state index is 6.11. The van der Waals surface area contributed by atoms with Crippen LogP contribution in [-0.2, 0) is 0 Å². The molecule has 1 aromatic carbocycles. The van der Waals surface area contributed by atoms with E-state index in [9.17, 15) is 0 Å². The van der Waals surface area contributed by atoms with Crippen LogP contribution in [0.1, 0.15) is 31.2 Å². The summed E-state index contributed by atoms with van der Waals surface area (Å²) in [6.07, 6.45) is 2.58. The molecule has 0 amide bonds. The highest BCUT2D eigenvalue weighted by Gasteiger charge is 2.19. The second-order valence-corrected chi connectivity index (χ2v) is 5.77. The van der Waals surface area contributed by atoms with Crippen LogP contribution in [0.4, 0.5) is 0 Å². The van der Waals surface area contributed by atoms with E-state index in [2.05, 4.69) is 31.2 Å². The number of rotatable bonds is 5. The summed E-state index contributed by atoms with van der Waals surface area (Å²) in [5, 5.41) is 0. The van der Waals surface area contributed by atoms with Gasteiger partial charge < -0.3 is 10.5 Å². The first-order valence-corrected chi connectivity index (χ1v) is 7.50. The molecule has 2 nitrogen and oxygen atoms in total. The van der Waals surface area contributed by atoms with Crippen LogP contribution in [-0.4, -0.2) is 24.2 Å². The number of hydrogen-bond donors (Lipinski definition) is 1. The van der Waals surface area contributed by atoms with E-state index in [0.29, 0.717) is 12.0 Å². The third-order valence-corrected chi connectivity index (χ3v) is 4.36. The zero-order valence-electron chi connectivity index (χ0n) is 10.4. The molecule has 0 radical (unpaired) electrons. The van der Waals surface area contributed by atoms with Gasteiger partial charge in [-0.15, -0.1) is 0 Å². The van der Waals surface area contributed by atoms with Crippen molar-refractivity contribution in [2.45, 2.75) is 31.8 Å². The molecule has 1 saturated heterocycles. The third-order valence-electron chi connectivity index (χ3n) is 3.23. The number of benzene rings is 1. The fourth-order valence-electron chi connectivity index (χ4n) is 2.19. The SMILES string of the molecule is CC(CCN)c1ccccc1OC1CCSC1. The summed E-state index contributed by atoms with van der Waals surface area (Å²) in [4.78, 5) is 0. The van der Waals surface area contributed by atoms with Crippen LogP contribution >= 0.6 is 11.8 Å². The molecular formula is C14H21NOS. The predicted molar refractivity (Wildman–Crippen MR) is 74.9 cm³/mol. The Morgan fingerprint density at radius 3 is 3.00 bits per heavy atom. The first-order valence-electron chi connectivity index (χ1n) is 6.34. The predicted octanol–water partition coefficient (Wildman–Crippen LogP) is 3.02. The highest BCUT2D eigenvalue weighted by Crippen LogP contribution is 2.31. The molecule has 0 saturated carbocycles. The van der Waals surface area contributed by atoms with Crippen molar-refractivity contribution in [2.24, 2.45) is 5.73 Å². The lowest BCUT2D eigenvalue weighted by atomic mass is 9.97. The topological polar surface area (TPSA) is 35.2 Å². The van der Waals surface area contributed by atoms with Gasteiger partial charge in [-0.2, -0.15) is 11.8 Å². The molecule has 2 unspecified atom stereocenters. The summed E-state index contributed by atoms with van der Waals surface area (Å²) in [6.45, 7) is 2.95. The highest BCUT2D eigenvalue weighted by molar-refractivity contribution is 7.99. The van der Waals surface area contributed by atoms with Gasteiger partial charge >= 0.3 is 0 Å². The molecule has 1 fully saturated rings. The lowest BCUT2D eigenvalue weighted by Gasteiger charge is -2.19. The molecule has 0 bridgehead atoms. The van der Waals surface area contributed by atoms with Crippen LogP contribution < -0.4 is 10.5 Å². The maximum atomic E-state index is 6.11. The first-order chi connectivity index (χ1) is 8.31. The van der Waals surface area contributed by atoms with Crippen molar-refractivity contribution in [3.63, 3.8) is 0 Å². The van der Waals surface area contributed by atoms with Gasteiger partial charge in [-0.1, -0.05) is 25.1 Å². The van der Waals surface area contributed by atoms with E-state index >= 15 is 0 Å². The number of ether oxygens (including phenoxy) is 1. The van der Waals surface area contributed by atoms with E-state index in [1.165, 1.54) is 17.7 Å². The first kappa shape index (κ1) is 12.8. The van der Waals surface area contributed by atoms with Gasteiger partial charge in [0.1, 0.15) is 11.9 Å². The van der Waals surface area contributed by atoms with Crippen molar-refractivity contribution >= 4 is 11.8 Å². The van der Waals surface area contributed by atoms with E-state index in [1.807, 2.05) is 11.8 Å². The summed E-state index contributed by atoms with van der Waals surface area (Å²) in [6, 6.07) is 8.39. The third kappa shape index (κ3) is 3.39. The lowest BCUT2D eigenvalue weighted by molar-refractivity contribution is 0.226. The zero-order chi connectivity index (χ0) is 12.1. The molecule has 2 rings (SSSR count). The highest BCUT2D eigenvalue weighted by atomic mass is 32.2. The number of nitrogens with two attached hydrogens (primary N) is 1. The molecule has 2 atom stereocenters. The molecule has 0 spiro atoms. The van der Waals surface area contributed by atoms with Crippen molar-refractivity contribution in [2.75, 3.05) is 18.1 Å². The van der Waals surface area contributed by atoms with Crippen molar-refractivity contribution in [3.05, 3.63) is 29.8 Å². The van der Waals surface area contributed by atoms with Crippen LogP contribution in [0.25, 0.3) is 0 Å². The Bertz CT molecular complexity index is 350. The van der Waals surface area contributed by atoms with Crippen LogP contribution in [0.5, 0.6) is 5.75 Å². The molecule has 94 valence electrons. The van der Waals surface area contributed by atoms with Gasteiger partial charge in [0, 0.05) is 5.75 Å². The molecule has 17 heavy (non-hydrogen) atoms. The Morgan fingerprint density at radius 1 is 1.47 bits per heavy atom. The molecule has 0 aromatic heterocycles. The van der Waals surface area contributed by atoms with E-state index < -0.39 is 0 Å². The van der Waals surface area contributed by atoms with Crippen molar-refractivity contribution in [1.29, 1.82) is 0 Å². The van der Waals surface area contributed by atoms with E-state index in [0.717, 1.165) is 24.5 Å². The second-order valence-electron chi connectivity index (χ2n) is 4.62. The average Bonchev–Trinajstić information content (AvgIpc) is 2.83. The summed E-state index contributed by atoms with van der Waals surface area (Å²) >= 11 is 1.98. The Morgan fingerprint density at radius 2 is 2.29 bits per heavy atom. The van der Waals surface area contributed by atoms with Gasteiger partial charge in [-0.3, -0.25) is 0 Å². The van der Waals surface area contributed by atoms with Crippen molar-refractivity contribution in [1.82, 2.24) is 0 Å². The second kappa shape index (κ2) is 6.31. The molecule has 2 N–H and O–H groups in total. The lowest BCUT2D eigenvalue weighted by Crippen LogP contribution is -2.16. The Labute approximate surface area is 108 Å². The zero-order valence-corrected chi connectivity index (χ0v) is 11.2. The van der Waals surface area contributed by atoms with Crippen LogP contribution in [0.2, 0.25) is 0 Å². The molecule has 1 aliphatic heterocycles. The van der Waals surface area contributed by atoms with E-state index in [-0.39, 0.29) is 0 Å². The fourth-order valence-corrected chi connectivity index (χ4v) is 3.28. The van der Waals surface area contributed by atoms with Gasteiger partial charge in [0.05, 0.1) is 0 Å². The summed E-state index contributed by atoms with van der Waals surface area (Å²) in [5.74, 6) is 3.89. The molecular weight excluding hydrogens is 230 g/mol. The van der Waals surface area contributed by atoms with Crippen molar-refractivity contribution in [3.8, 4) is 5.75 Å². The van der Waals surface area contributed by atoms with Gasteiger partial charge in [-0.25, -0.2) is 0 Å². The fraction of sp³-hybridized carbons (Fsp3) is 0.571. The quantitative estimate of drug-likeness (QED) is 0.873. The minimum absolute atomic E-state index is 0.395. The average molecular weight is 251 g/mol. The molecule has 1 heterocycles. The van der Waals surface area contributed by atoms with Crippen LogP contribution in [0.15, 0.2) is 24.3 Å². The maximum Gasteiger partial charge on any atom is 0.123 e. The Hall–Kier alpha value is -0.670. The van der Waals surface area contributed by atoms with E-state index in [4.69, 9.17) is 10.5 Å². The Kier molecular flexibility index (Phi) is 4.75. The minimum Gasteiger partial charge on any atom is -0.489 e. The number of para-hydroxylation sites is 1. The summed E-state index contributed by atoms with van der Waals surface area (Å²) in [5.41, 5.74) is 6.94. The van der Waals surface area contributed by atoms with Gasteiger partial charge in [-0.05, 0) is 42.7 Å². The van der Waals surface area contributed by atoms with Gasteiger partial charge in [0.25, 0.3) is 0 Å². The Balaban J connectivity index is 2.09. The molecule has 0 aliphatic carbocycles.